The van der Waals surface area contributed by atoms with Gasteiger partial charge in [-0.3, -0.25) is 4.90 Å². The molecule has 5 aliphatic heterocycles. The second-order valence-corrected chi connectivity index (χ2v) is 13.1. The van der Waals surface area contributed by atoms with Gasteiger partial charge in [0.2, 0.25) is 5.79 Å². The van der Waals surface area contributed by atoms with Crippen LogP contribution in [0.5, 0.6) is 0 Å². The molecule has 5 saturated heterocycles. The Morgan fingerprint density at radius 1 is 0.927 bits per heavy atom. The van der Waals surface area contributed by atoms with Crippen LogP contribution in [0.3, 0.4) is 0 Å². The third-order valence-corrected chi connectivity index (χ3v) is 10.5. The molecule has 1 spiro atoms. The highest BCUT2D eigenvalue weighted by molar-refractivity contribution is 5.46. The zero-order valence-electron chi connectivity index (χ0n) is 24.5. The predicted octanol–water partition coefficient (Wildman–Crippen LogP) is 5.87. The molecule has 0 radical (unpaired) electrons. The Morgan fingerprint density at radius 2 is 1.71 bits per heavy atom. The first-order valence-corrected chi connectivity index (χ1v) is 15.5. The van der Waals surface area contributed by atoms with E-state index in [1.807, 2.05) is 19.1 Å². The van der Waals surface area contributed by atoms with Gasteiger partial charge in [0.05, 0.1) is 6.61 Å². The minimum Gasteiger partial charge on any atom is -0.369 e. The van der Waals surface area contributed by atoms with Crippen molar-refractivity contribution in [2.24, 2.45) is 23.7 Å². The van der Waals surface area contributed by atoms with Crippen LogP contribution in [0.4, 0.5) is 10.1 Å². The van der Waals surface area contributed by atoms with Gasteiger partial charge >= 0.3 is 0 Å². The van der Waals surface area contributed by atoms with E-state index in [2.05, 4.69) is 47.9 Å². The molecule has 0 amide bonds. The molecule has 5 heterocycles. The summed E-state index contributed by atoms with van der Waals surface area (Å²) < 4.78 is 32.9. The summed E-state index contributed by atoms with van der Waals surface area (Å²) in [6.45, 7) is 11.7. The monoisotopic (exact) mass is 566 g/mol. The van der Waals surface area contributed by atoms with E-state index in [9.17, 15) is 4.39 Å². The molecule has 8 rings (SSSR count). The number of hydrogen-bond acceptors (Lipinski definition) is 7. The fourth-order valence-corrected chi connectivity index (χ4v) is 8.13. The number of ether oxygens (including phenoxy) is 3. The second kappa shape index (κ2) is 10.9. The molecule has 1 saturated carbocycles. The first-order valence-electron chi connectivity index (χ1n) is 15.5. The number of nitrogens with zero attached hydrogens (tertiary/aromatic N) is 2. The molecule has 7 nitrogen and oxygen atoms in total. The number of rotatable bonds is 6. The van der Waals surface area contributed by atoms with E-state index < -0.39 is 17.7 Å². The van der Waals surface area contributed by atoms with Crippen molar-refractivity contribution in [3.8, 4) is 0 Å². The minimum atomic E-state index is -0.776. The van der Waals surface area contributed by atoms with Gasteiger partial charge in [-0.05, 0) is 73.4 Å². The molecule has 2 bridgehead atoms. The average Bonchev–Trinajstić information content (AvgIpc) is 3.21. The van der Waals surface area contributed by atoms with E-state index in [1.54, 1.807) is 0 Å². The maximum atomic E-state index is 13.3. The highest BCUT2D eigenvalue weighted by Crippen LogP contribution is 2.60. The third kappa shape index (κ3) is 5.11. The number of fused-ring (bicyclic) bond motifs is 2. The van der Waals surface area contributed by atoms with Gasteiger partial charge in [0.15, 0.2) is 18.2 Å². The van der Waals surface area contributed by atoms with Crippen molar-refractivity contribution in [2.45, 2.75) is 83.6 Å². The predicted molar refractivity (Wildman–Crippen MR) is 152 cm³/mol. The molecule has 222 valence electrons. The van der Waals surface area contributed by atoms with E-state index in [1.165, 1.54) is 24.1 Å². The Morgan fingerprint density at radius 3 is 2.51 bits per heavy atom. The zero-order valence-corrected chi connectivity index (χ0v) is 24.5. The molecule has 1 aliphatic carbocycles. The smallest absolute Gasteiger partial charge is 0.201 e. The van der Waals surface area contributed by atoms with E-state index in [-0.39, 0.29) is 23.9 Å². The van der Waals surface area contributed by atoms with Crippen LogP contribution >= 0.6 is 0 Å². The molecule has 41 heavy (non-hydrogen) atoms. The molecular formula is C33H43FN2O5. The maximum Gasteiger partial charge on any atom is 0.201 e. The van der Waals surface area contributed by atoms with E-state index >= 15 is 0 Å². The lowest BCUT2D eigenvalue weighted by Gasteiger charge is -2.60. The molecular weight excluding hydrogens is 523 g/mol. The Bertz CT molecular complexity index is 1220. The van der Waals surface area contributed by atoms with E-state index in [0.717, 1.165) is 63.2 Å². The summed E-state index contributed by atoms with van der Waals surface area (Å²) >= 11 is 0. The minimum absolute atomic E-state index is 0.163. The van der Waals surface area contributed by atoms with Gasteiger partial charge < -0.3 is 19.1 Å². The van der Waals surface area contributed by atoms with Crippen LogP contribution in [0, 0.1) is 29.5 Å². The first-order chi connectivity index (χ1) is 19.8. The van der Waals surface area contributed by atoms with Gasteiger partial charge in [0.1, 0.15) is 5.82 Å². The van der Waals surface area contributed by atoms with Crippen LogP contribution < -0.4 is 4.90 Å². The number of benzene rings is 2. The molecule has 2 aromatic carbocycles. The third-order valence-electron chi connectivity index (χ3n) is 10.5. The van der Waals surface area contributed by atoms with Crippen LogP contribution in [-0.2, 0) is 37.1 Å². The highest BCUT2D eigenvalue weighted by atomic mass is 19.1. The molecule has 0 unspecified atom stereocenters. The summed E-state index contributed by atoms with van der Waals surface area (Å²) in [7, 11) is 0. The van der Waals surface area contributed by atoms with E-state index in [4.69, 9.17) is 24.0 Å². The lowest BCUT2D eigenvalue weighted by atomic mass is 9.58. The Balaban J connectivity index is 0.979. The summed E-state index contributed by atoms with van der Waals surface area (Å²) in [5, 5.41) is 0. The number of hydrogen-bond donors (Lipinski definition) is 0. The summed E-state index contributed by atoms with van der Waals surface area (Å²) in [6.07, 6.45) is 3.24. The summed E-state index contributed by atoms with van der Waals surface area (Å²) in [5.74, 6) is 0.356. The molecule has 0 aromatic heterocycles. The fraction of sp³-hybridized carbons (Fsp3) is 0.636. The maximum absolute atomic E-state index is 13.3. The Labute approximate surface area is 242 Å². The molecule has 0 N–H and O–H groups in total. The molecule has 2 aromatic rings. The van der Waals surface area contributed by atoms with Crippen molar-refractivity contribution >= 4 is 5.69 Å². The summed E-state index contributed by atoms with van der Waals surface area (Å²) in [6, 6.07) is 15.5. The van der Waals surface area contributed by atoms with Crippen LogP contribution in [-0.4, -0.2) is 55.0 Å². The van der Waals surface area contributed by atoms with Crippen molar-refractivity contribution in [2.75, 3.05) is 31.1 Å². The molecule has 6 aliphatic rings. The lowest BCUT2D eigenvalue weighted by Crippen LogP contribution is -2.70. The van der Waals surface area contributed by atoms with Crippen molar-refractivity contribution in [1.82, 2.24) is 4.90 Å². The molecule has 6 fully saturated rings. The normalized spacial score (nSPS) is 38.9. The number of halogens is 1. The second-order valence-electron chi connectivity index (χ2n) is 13.1. The number of piperazine rings is 1. The standard InChI is InChI=1S/C33H43FN2O5/c1-22-7-12-29-23(2)30(38-31-33(29)28(22)13-14-32(3,39-31)40-41-33)37-21-25-6-4-5-24(19-25)20-35-15-17-36(18-16-35)27-10-8-26(34)9-11-27/h4-6,8-11,19,22-23,28-31H,7,12-18,20-21H2,1-3H3/t22-,23-,28+,29+,30+,31-,32-,33-/m1/s1. The van der Waals surface area contributed by atoms with Gasteiger partial charge in [-0.2, -0.15) is 0 Å². The van der Waals surface area contributed by atoms with Crippen molar-refractivity contribution in [3.05, 3.63) is 65.5 Å². The quantitative estimate of drug-likeness (QED) is 0.405. The van der Waals surface area contributed by atoms with Gasteiger partial charge in [-0.15, -0.1) is 0 Å². The Hall–Kier alpha value is -2.07. The zero-order chi connectivity index (χ0) is 28.2. The average molecular weight is 567 g/mol. The van der Waals surface area contributed by atoms with Gasteiger partial charge in [-0.1, -0.05) is 38.1 Å². The first kappa shape index (κ1) is 27.7. The van der Waals surface area contributed by atoms with Crippen LogP contribution in [0.2, 0.25) is 0 Å². The van der Waals surface area contributed by atoms with Gasteiger partial charge in [0, 0.05) is 56.7 Å². The lowest BCUT2D eigenvalue weighted by molar-refractivity contribution is -0.577. The fourth-order valence-electron chi connectivity index (χ4n) is 8.13. The Kier molecular flexibility index (Phi) is 7.37. The van der Waals surface area contributed by atoms with Gasteiger partial charge in [-0.25, -0.2) is 14.2 Å². The summed E-state index contributed by atoms with van der Waals surface area (Å²) in [4.78, 5) is 17.0. The van der Waals surface area contributed by atoms with Crippen LogP contribution in [0.1, 0.15) is 57.6 Å². The van der Waals surface area contributed by atoms with Crippen molar-refractivity contribution < 1.29 is 28.4 Å². The van der Waals surface area contributed by atoms with Crippen molar-refractivity contribution in [3.63, 3.8) is 0 Å². The highest BCUT2D eigenvalue weighted by Gasteiger charge is 2.69. The van der Waals surface area contributed by atoms with Crippen LogP contribution in [0.15, 0.2) is 48.5 Å². The van der Waals surface area contributed by atoms with Crippen molar-refractivity contribution in [1.29, 1.82) is 0 Å². The largest absolute Gasteiger partial charge is 0.369 e. The SMILES string of the molecule is C[C@H]1[C@@H](OCc2cccc(CN3CCN(c4ccc(F)cc4)CC3)c2)O[C@@H]2O[C@@]3(C)CC[C@H]4[C@H](C)CC[C@@H]1[C@@]24OO3. The molecule has 8 heteroatoms. The van der Waals surface area contributed by atoms with Crippen LogP contribution in [0.25, 0.3) is 0 Å². The number of anilines is 1. The summed E-state index contributed by atoms with van der Waals surface area (Å²) in [5.41, 5.74) is 2.95. The topological polar surface area (TPSA) is 52.6 Å². The van der Waals surface area contributed by atoms with Gasteiger partial charge in [0.25, 0.3) is 0 Å². The van der Waals surface area contributed by atoms with E-state index in [0.29, 0.717) is 18.4 Å². The molecule has 8 atom stereocenters.